The lowest BCUT2D eigenvalue weighted by Crippen LogP contribution is -2.41. The third-order valence-corrected chi connectivity index (χ3v) is 4.97. The number of unbranched alkanes of at least 4 members (excludes halogenated alkanes) is 1. The first-order chi connectivity index (χ1) is 10.9. The second kappa shape index (κ2) is 7.59. The minimum Gasteiger partial charge on any atom is -0.449 e. The third-order valence-electron chi connectivity index (χ3n) is 3.77. The number of halogens is 1. The van der Waals surface area contributed by atoms with Crippen molar-refractivity contribution in [3.8, 4) is 0 Å². The van der Waals surface area contributed by atoms with Crippen LogP contribution in [0.3, 0.4) is 0 Å². The van der Waals surface area contributed by atoms with Gasteiger partial charge in [0, 0.05) is 17.5 Å². The van der Waals surface area contributed by atoms with Gasteiger partial charge in [-0.15, -0.1) is 11.3 Å². The molecule has 1 aliphatic rings. The number of hydrogen-bond donors (Lipinski definition) is 1. The summed E-state index contributed by atoms with van der Waals surface area (Å²) in [5.41, 5.74) is 6.07. The minimum absolute atomic E-state index is 0.0497. The molecule has 1 aliphatic heterocycles. The fourth-order valence-corrected chi connectivity index (χ4v) is 3.37. The van der Waals surface area contributed by atoms with Gasteiger partial charge in [0.15, 0.2) is 0 Å². The van der Waals surface area contributed by atoms with Crippen LogP contribution in [0.4, 0.5) is 9.18 Å². The van der Waals surface area contributed by atoms with E-state index in [2.05, 4.69) is 0 Å². The molecule has 126 valence electrons. The highest BCUT2D eigenvalue weighted by Crippen LogP contribution is 2.33. The smallest absolute Gasteiger partial charge is 0.410 e. The Morgan fingerprint density at radius 3 is 2.83 bits per heavy atom. The van der Waals surface area contributed by atoms with Crippen LogP contribution >= 0.6 is 11.3 Å². The maximum Gasteiger partial charge on any atom is 0.410 e. The highest BCUT2D eigenvalue weighted by atomic mass is 32.1. The molecule has 0 aromatic carbocycles. The lowest BCUT2D eigenvalue weighted by Gasteiger charge is -2.32. The summed E-state index contributed by atoms with van der Waals surface area (Å²) in [5, 5.41) is 0. The van der Waals surface area contributed by atoms with Crippen LogP contribution in [0, 0.1) is 5.82 Å². The molecule has 0 saturated heterocycles. The van der Waals surface area contributed by atoms with Crippen LogP contribution in [0.15, 0.2) is 12.1 Å². The first-order valence-electron chi connectivity index (χ1n) is 7.66. The summed E-state index contributed by atoms with van der Waals surface area (Å²) in [6, 6.07) is 1.28. The molecule has 2 N–H and O–H groups in total. The Kier molecular flexibility index (Phi) is 5.76. The summed E-state index contributed by atoms with van der Waals surface area (Å²) in [6.07, 6.45) is 3.95. The van der Waals surface area contributed by atoms with Gasteiger partial charge in [0.25, 0.3) is 5.91 Å². The van der Waals surface area contributed by atoms with Crippen molar-refractivity contribution >= 4 is 28.9 Å². The van der Waals surface area contributed by atoms with E-state index in [-0.39, 0.29) is 17.0 Å². The molecule has 5 nitrogen and oxygen atoms in total. The molecule has 7 heteroatoms. The monoisotopic (exact) mass is 340 g/mol. The first-order valence-corrected chi connectivity index (χ1v) is 8.47. The predicted octanol–water partition coefficient (Wildman–Crippen LogP) is 3.40. The standard InChI is InChI=1S/C16H21FN2O3S/c1-3-4-7-22-16(21)19-6-5-11(8-10(19)2)13-9-12(17)14(23-13)15(18)20/h5,9-10H,3-4,6-8H2,1-2H3,(H2,18,20). The Bertz CT molecular complexity index is 627. The van der Waals surface area contributed by atoms with Crippen molar-refractivity contribution in [1.82, 2.24) is 4.90 Å². The molecule has 1 aromatic heterocycles. The fraction of sp³-hybridized carbons (Fsp3) is 0.500. The van der Waals surface area contributed by atoms with E-state index in [1.165, 1.54) is 6.07 Å². The summed E-state index contributed by atoms with van der Waals surface area (Å²) < 4.78 is 18.9. The molecule has 0 radical (unpaired) electrons. The van der Waals surface area contributed by atoms with Crippen LogP contribution in [0.2, 0.25) is 0 Å². The molecule has 0 saturated carbocycles. The van der Waals surface area contributed by atoms with Gasteiger partial charge in [-0.2, -0.15) is 0 Å². The molecule has 0 spiro atoms. The minimum atomic E-state index is -0.760. The summed E-state index contributed by atoms with van der Waals surface area (Å²) in [7, 11) is 0. The van der Waals surface area contributed by atoms with Crippen LogP contribution in [-0.4, -0.2) is 36.1 Å². The van der Waals surface area contributed by atoms with Crippen LogP contribution in [0.25, 0.3) is 5.57 Å². The van der Waals surface area contributed by atoms with Crippen molar-refractivity contribution in [2.24, 2.45) is 5.73 Å². The number of thiophene rings is 1. The van der Waals surface area contributed by atoms with E-state index in [1.54, 1.807) is 4.90 Å². The number of carbonyl (C=O) groups excluding carboxylic acids is 2. The molecule has 0 aliphatic carbocycles. The van der Waals surface area contributed by atoms with E-state index in [0.29, 0.717) is 24.4 Å². The van der Waals surface area contributed by atoms with E-state index in [9.17, 15) is 14.0 Å². The predicted molar refractivity (Wildman–Crippen MR) is 87.8 cm³/mol. The topological polar surface area (TPSA) is 72.6 Å². The zero-order valence-electron chi connectivity index (χ0n) is 13.3. The largest absolute Gasteiger partial charge is 0.449 e. The summed E-state index contributed by atoms with van der Waals surface area (Å²) in [5.74, 6) is -1.35. The van der Waals surface area contributed by atoms with Gasteiger partial charge in [-0.3, -0.25) is 4.79 Å². The maximum absolute atomic E-state index is 13.7. The van der Waals surface area contributed by atoms with Gasteiger partial charge >= 0.3 is 6.09 Å². The van der Waals surface area contributed by atoms with Crippen molar-refractivity contribution in [3.05, 3.63) is 27.7 Å². The molecule has 0 bridgehead atoms. The zero-order chi connectivity index (χ0) is 17.0. The van der Waals surface area contributed by atoms with Crippen molar-refractivity contribution in [2.75, 3.05) is 13.2 Å². The quantitative estimate of drug-likeness (QED) is 0.835. The van der Waals surface area contributed by atoms with Gasteiger partial charge in [-0.05, 0) is 31.4 Å². The van der Waals surface area contributed by atoms with E-state index >= 15 is 0 Å². The number of primary amides is 1. The Morgan fingerprint density at radius 2 is 2.26 bits per heavy atom. The van der Waals surface area contributed by atoms with Crippen molar-refractivity contribution in [1.29, 1.82) is 0 Å². The molecular formula is C16H21FN2O3S. The number of nitrogens with two attached hydrogens (primary N) is 1. The fourth-order valence-electron chi connectivity index (χ4n) is 2.44. The molecule has 1 atom stereocenters. The molecule has 2 amide bonds. The molecule has 0 fully saturated rings. The van der Waals surface area contributed by atoms with E-state index in [0.717, 1.165) is 29.8 Å². The first kappa shape index (κ1) is 17.5. The van der Waals surface area contributed by atoms with Crippen LogP contribution in [0.5, 0.6) is 0 Å². The van der Waals surface area contributed by atoms with Gasteiger partial charge in [-0.1, -0.05) is 19.4 Å². The number of nitrogens with zero attached hydrogens (tertiary/aromatic N) is 1. The third kappa shape index (κ3) is 4.10. The lowest BCUT2D eigenvalue weighted by molar-refractivity contribution is 0.0917. The normalized spacial score (nSPS) is 17.8. The Hall–Kier alpha value is -1.89. The van der Waals surface area contributed by atoms with E-state index in [1.807, 2.05) is 19.9 Å². The van der Waals surface area contributed by atoms with Gasteiger partial charge in [0.05, 0.1) is 6.61 Å². The highest BCUT2D eigenvalue weighted by Gasteiger charge is 2.27. The van der Waals surface area contributed by atoms with Gasteiger partial charge in [-0.25, -0.2) is 9.18 Å². The highest BCUT2D eigenvalue weighted by molar-refractivity contribution is 7.15. The average Bonchev–Trinajstić information content (AvgIpc) is 2.89. The number of carbonyl (C=O) groups is 2. The van der Waals surface area contributed by atoms with Gasteiger partial charge in [0.2, 0.25) is 0 Å². The number of rotatable bonds is 5. The molecular weight excluding hydrogens is 319 g/mol. The van der Waals surface area contributed by atoms with Gasteiger partial charge in [0.1, 0.15) is 10.7 Å². The molecule has 2 heterocycles. The zero-order valence-corrected chi connectivity index (χ0v) is 14.1. The summed E-state index contributed by atoms with van der Waals surface area (Å²) in [4.78, 5) is 25.5. The molecule has 1 aromatic rings. The Labute approximate surface area is 138 Å². The van der Waals surface area contributed by atoms with Crippen LogP contribution in [-0.2, 0) is 4.74 Å². The molecule has 2 rings (SSSR count). The van der Waals surface area contributed by atoms with Crippen molar-refractivity contribution in [2.45, 2.75) is 39.2 Å². The molecule has 23 heavy (non-hydrogen) atoms. The van der Waals surface area contributed by atoms with E-state index in [4.69, 9.17) is 10.5 Å². The second-order valence-electron chi connectivity index (χ2n) is 5.55. The Morgan fingerprint density at radius 1 is 1.52 bits per heavy atom. The van der Waals surface area contributed by atoms with Crippen molar-refractivity contribution < 1.29 is 18.7 Å². The van der Waals surface area contributed by atoms with E-state index < -0.39 is 11.7 Å². The number of amides is 2. The summed E-state index contributed by atoms with van der Waals surface area (Å²) >= 11 is 1.05. The maximum atomic E-state index is 13.7. The average molecular weight is 340 g/mol. The van der Waals surface area contributed by atoms with Gasteiger partial charge < -0.3 is 15.4 Å². The summed E-state index contributed by atoms with van der Waals surface area (Å²) in [6.45, 7) is 4.79. The van der Waals surface area contributed by atoms with Crippen LogP contribution in [0.1, 0.15) is 47.7 Å². The second-order valence-corrected chi connectivity index (χ2v) is 6.61. The number of ether oxygens (including phenoxy) is 1. The SMILES string of the molecule is CCCCOC(=O)N1CC=C(c2cc(F)c(C(N)=O)s2)CC1C. The lowest BCUT2D eigenvalue weighted by atomic mass is 10.0. The van der Waals surface area contributed by atoms with Crippen LogP contribution < -0.4 is 5.73 Å². The molecule has 1 unspecified atom stereocenters. The van der Waals surface area contributed by atoms with Crippen molar-refractivity contribution in [3.63, 3.8) is 0 Å². The number of hydrogen-bond acceptors (Lipinski definition) is 4. The Balaban J connectivity index is 2.06.